The molecular formula is C25H26F2N2O5S. The van der Waals surface area contributed by atoms with Crippen molar-refractivity contribution in [2.24, 2.45) is 17.6 Å². The number of fused-ring (bicyclic) bond motifs is 1. The van der Waals surface area contributed by atoms with E-state index in [1.165, 1.54) is 36.3 Å². The van der Waals surface area contributed by atoms with Crippen LogP contribution in [0, 0.1) is 23.5 Å². The Hall–Kier alpha value is -3.01. The van der Waals surface area contributed by atoms with Crippen LogP contribution in [-0.4, -0.2) is 50.1 Å². The van der Waals surface area contributed by atoms with Crippen LogP contribution >= 0.6 is 0 Å². The van der Waals surface area contributed by atoms with Gasteiger partial charge in [0.25, 0.3) is 5.91 Å². The summed E-state index contributed by atoms with van der Waals surface area (Å²) >= 11 is 0. The van der Waals surface area contributed by atoms with Crippen LogP contribution in [-0.2, 0) is 14.6 Å². The van der Waals surface area contributed by atoms with E-state index in [2.05, 4.69) is 0 Å². The van der Waals surface area contributed by atoms with Crippen LogP contribution in [0.1, 0.15) is 47.5 Å². The van der Waals surface area contributed by atoms with Crippen molar-refractivity contribution in [3.63, 3.8) is 0 Å². The number of carbonyl (C=O) groups excluding carboxylic acids is 2. The van der Waals surface area contributed by atoms with E-state index in [9.17, 15) is 22.4 Å². The van der Waals surface area contributed by atoms with Gasteiger partial charge in [-0.3, -0.25) is 9.59 Å². The zero-order valence-corrected chi connectivity index (χ0v) is 20.1. The highest BCUT2D eigenvalue weighted by Gasteiger charge is 2.73. The molecule has 0 radical (unpaired) electrons. The van der Waals surface area contributed by atoms with Crippen LogP contribution in [0.5, 0.6) is 5.75 Å². The van der Waals surface area contributed by atoms with E-state index in [-0.39, 0.29) is 33.6 Å². The third-order valence-corrected chi connectivity index (χ3v) is 8.79. The summed E-state index contributed by atoms with van der Waals surface area (Å²) in [7, 11) is -2.32. The van der Waals surface area contributed by atoms with Crippen LogP contribution in [0.4, 0.5) is 8.78 Å². The molecule has 3 aliphatic rings. The first-order chi connectivity index (χ1) is 16.5. The van der Waals surface area contributed by atoms with Gasteiger partial charge < -0.3 is 15.4 Å². The number of carbonyl (C=O) groups is 2. The molecule has 7 nitrogen and oxygen atoms in total. The van der Waals surface area contributed by atoms with Crippen molar-refractivity contribution < 1.29 is 31.5 Å². The summed E-state index contributed by atoms with van der Waals surface area (Å²) < 4.78 is 59.0. The lowest BCUT2D eigenvalue weighted by molar-refractivity contribution is -0.122. The third-order valence-electron chi connectivity index (χ3n) is 7.68. The van der Waals surface area contributed by atoms with E-state index in [1.807, 2.05) is 0 Å². The van der Waals surface area contributed by atoms with Crippen molar-refractivity contribution in [1.29, 1.82) is 0 Å². The van der Waals surface area contributed by atoms with Gasteiger partial charge in [-0.1, -0.05) is 6.07 Å². The van der Waals surface area contributed by atoms with Crippen LogP contribution < -0.4 is 10.5 Å². The van der Waals surface area contributed by atoms with E-state index in [4.69, 9.17) is 10.5 Å². The Kier molecular flexibility index (Phi) is 5.43. The number of ether oxygens (including phenoxy) is 1. The minimum atomic E-state index is -3.58. The molecule has 2 amide bonds. The monoisotopic (exact) mass is 504 g/mol. The zero-order valence-electron chi connectivity index (χ0n) is 19.3. The first-order valence-corrected chi connectivity index (χ1v) is 13.3. The van der Waals surface area contributed by atoms with Gasteiger partial charge in [-0.2, -0.15) is 0 Å². The van der Waals surface area contributed by atoms with E-state index in [0.717, 1.165) is 31.2 Å². The first kappa shape index (κ1) is 23.7. The minimum absolute atomic E-state index is 0.0200. The number of nitrogens with two attached hydrogens (primary N) is 1. The SMILES string of the molecule is COc1cc(F)c([C@@H](C2CC2)C23CC2CC(C(N)=O)N3C(=O)c2cccc(S(C)(=O)=O)c2)cc1F. The number of methoxy groups -OCH3 is 1. The molecule has 2 aliphatic carbocycles. The van der Waals surface area contributed by atoms with E-state index < -0.39 is 50.8 Å². The molecule has 186 valence electrons. The number of halogens is 2. The quantitative estimate of drug-likeness (QED) is 0.624. The molecule has 3 unspecified atom stereocenters. The Morgan fingerprint density at radius 2 is 1.89 bits per heavy atom. The van der Waals surface area contributed by atoms with E-state index >= 15 is 4.39 Å². The Morgan fingerprint density at radius 3 is 2.49 bits per heavy atom. The molecule has 3 fully saturated rings. The summed E-state index contributed by atoms with van der Waals surface area (Å²) in [5.74, 6) is -3.37. The number of rotatable bonds is 7. The fourth-order valence-corrected chi connectivity index (χ4v) is 6.65. The van der Waals surface area contributed by atoms with Gasteiger partial charge in [0.15, 0.2) is 21.4 Å². The fraction of sp³-hybridized carbons (Fsp3) is 0.440. The number of benzene rings is 2. The second kappa shape index (κ2) is 8.01. The van der Waals surface area contributed by atoms with Gasteiger partial charge in [-0.05, 0) is 67.3 Å². The maximum absolute atomic E-state index is 15.3. The second-order valence-corrected chi connectivity index (χ2v) is 11.9. The van der Waals surface area contributed by atoms with Gasteiger partial charge in [0.1, 0.15) is 11.9 Å². The molecule has 2 N–H and O–H groups in total. The number of sulfone groups is 1. The Labute approximate surface area is 202 Å². The normalized spacial score (nSPS) is 26.2. The molecule has 1 aliphatic heterocycles. The molecule has 0 bridgehead atoms. The standard InChI is InChI=1S/C25H26F2N2O5S/c1-34-21-11-18(26)17(10-19(21)27)22(13-6-7-13)25-12-15(25)9-20(23(28)30)29(25)24(31)14-4-3-5-16(8-14)35(2,32)33/h3-5,8,10-11,13,15,20,22H,6-7,9,12H2,1-2H3,(H2,28,30)/t15?,20?,22-,25?/m1/s1. The van der Waals surface area contributed by atoms with Crippen LogP contribution in [0.15, 0.2) is 41.3 Å². The van der Waals surface area contributed by atoms with E-state index in [0.29, 0.717) is 12.8 Å². The summed E-state index contributed by atoms with van der Waals surface area (Å²) in [6.45, 7) is 0. The lowest BCUT2D eigenvalue weighted by Crippen LogP contribution is -2.53. The molecule has 2 aromatic carbocycles. The van der Waals surface area contributed by atoms with Crippen molar-refractivity contribution in [3.8, 4) is 5.75 Å². The lowest BCUT2D eigenvalue weighted by Gasteiger charge is -2.39. The highest BCUT2D eigenvalue weighted by molar-refractivity contribution is 7.90. The largest absolute Gasteiger partial charge is 0.494 e. The number of piperidine rings is 1. The van der Waals surface area contributed by atoms with Crippen LogP contribution in [0.25, 0.3) is 0 Å². The van der Waals surface area contributed by atoms with Crippen molar-refractivity contribution in [2.75, 3.05) is 13.4 Å². The molecule has 10 heteroatoms. The van der Waals surface area contributed by atoms with Crippen molar-refractivity contribution in [3.05, 3.63) is 59.2 Å². The average Bonchev–Trinajstić information content (AvgIpc) is 3.73. The number of amides is 2. The number of hydrogen-bond donors (Lipinski definition) is 1. The molecule has 1 heterocycles. The van der Waals surface area contributed by atoms with Crippen molar-refractivity contribution >= 4 is 21.7 Å². The molecule has 4 atom stereocenters. The smallest absolute Gasteiger partial charge is 0.255 e. The number of nitrogens with zero attached hydrogens (tertiary/aromatic N) is 1. The summed E-state index contributed by atoms with van der Waals surface area (Å²) in [4.78, 5) is 27.7. The molecular weight excluding hydrogens is 478 g/mol. The molecule has 35 heavy (non-hydrogen) atoms. The molecule has 1 saturated heterocycles. The maximum atomic E-state index is 15.3. The molecule has 0 spiro atoms. The summed E-state index contributed by atoms with van der Waals surface area (Å²) in [6.07, 6.45) is 3.48. The molecule has 2 aromatic rings. The third kappa shape index (κ3) is 3.78. The first-order valence-electron chi connectivity index (χ1n) is 11.4. The average molecular weight is 505 g/mol. The van der Waals surface area contributed by atoms with Gasteiger partial charge >= 0.3 is 0 Å². The number of hydrogen-bond acceptors (Lipinski definition) is 5. The van der Waals surface area contributed by atoms with Gasteiger partial charge in [-0.15, -0.1) is 0 Å². The fourth-order valence-electron chi connectivity index (χ4n) is 5.99. The maximum Gasteiger partial charge on any atom is 0.255 e. The van der Waals surface area contributed by atoms with E-state index in [1.54, 1.807) is 0 Å². The number of likely N-dealkylation sites (tertiary alicyclic amines) is 1. The van der Waals surface area contributed by atoms with Gasteiger partial charge in [-0.25, -0.2) is 17.2 Å². The molecule has 0 aromatic heterocycles. The summed E-state index contributed by atoms with van der Waals surface area (Å²) in [5, 5.41) is 0. The predicted octanol–water partition coefficient (Wildman–Crippen LogP) is 3.03. The minimum Gasteiger partial charge on any atom is -0.494 e. The van der Waals surface area contributed by atoms with Crippen LogP contribution in [0.2, 0.25) is 0 Å². The second-order valence-electron chi connectivity index (χ2n) is 9.84. The van der Waals surface area contributed by atoms with Gasteiger partial charge in [0.2, 0.25) is 5.91 Å². The van der Waals surface area contributed by atoms with Crippen molar-refractivity contribution in [1.82, 2.24) is 4.90 Å². The lowest BCUT2D eigenvalue weighted by atomic mass is 9.82. The highest BCUT2D eigenvalue weighted by atomic mass is 32.2. The topological polar surface area (TPSA) is 107 Å². The zero-order chi connectivity index (χ0) is 25.3. The number of primary amides is 1. The van der Waals surface area contributed by atoms with Crippen LogP contribution in [0.3, 0.4) is 0 Å². The Balaban J connectivity index is 1.62. The molecule has 2 saturated carbocycles. The van der Waals surface area contributed by atoms with Crippen molar-refractivity contribution in [2.45, 2.75) is 48.1 Å². The Bertz CT molecular complexity index is 1340. The predicted molar refractivity (Wildman–Crippen MR) is 123 cm³/mol. The summed E-state index contributed by atoms with van der Waals surface area (Å²) in [6, 6.07) is 6.84. The Morgan fingerprint density at radius 1 is 1.17 bits per heavy atom. The molecule has 5 rings (SSSR count). The van der Waals surface area contributed by atoms with Gasteiger partial charge in [0.05, 0.1) is 17.5 Å². The highest BCUT2D eigenvalue weighted by Crippen LogP contribution is 2.69. The summed E-state index contributed by atoms with van der Waals surface area (Å²) in [5.41, 5.74) is 5.04. The van der Waals surface area contributed by atoms with Gasteiger partial charge in [0, 0.05) is 23.8 Å².